The average molecular weight is 330 g/mol. The third-order valence-electron chi connectivity index (χ3n) is 4.51. The maximum absolute atomic E-state index is 12.5. The number of aromatic nitrogens is 2. The quantitative estimate of drug-likeness (QED) is 0.717. The minimum atomic E-state index is -0.672. The molecule has 1 fully saturated rings. The Balaban J connectivity index is 1.90. The van der Waals surface area contributed by atoms with Gasteiger partial charge in [-0.1, -0.05) is 0 Å². The van der Waals surface area contributed by atoms with E-state index in [0.717, 1.165) is 19.4 Å². The van der Waals surface area contributed by atoms with Gasteiger partial charge in [0, 0.05) is 24.2 Å². The normalized spacial score (nSPS) is 20.9. The zero-order valence-corrected chi connectivity index (χ0v) is 13.9. The third kappa shape index (κ3) is 3.12. The van der Waals surface area contributed by atoms with E-state index in [0.29, 0.717) is 29.2 Å². The molecule has 0 spiro atoms. The maximum atomic E-state index is 12.5. The van der Waals surface area contributed by atoms with Crippen molar-refractivity contribution in [3.8, 4) is 0 Å². The van der Waals surface area contributed by atoms with Gasteiger partial charge in [-0.3, -0.25) is 14.4 Å². The number of nitrogens with one attached hydrogen (secondary N) is 3. The van der Waals surface area contributed by atoms with E-state index < -0.39 is 11.1 Å². The molecule has 2 aromatic rings. The number of amides is 1. The van der Waals surface area contributed by atoms with Gasteiger partial charge < -0.3 is 20.2 Å². The second-order valence-electron chi connectivity index (χ2n) is 6.29. The van der Waals surface area contributed by atoms with Crippen molar-refractivity contribution in [3.05, 3.63) is 44.5 Å². The van der Waals surface area contributed by atoms with Crippen molar-refractivity contribution in [2.45, 2.75) is 45.3 Å². The average Bonchev–Trinajstić information content (AvgIpc) is 2.55. The van der Waals surface area contributed by atoms with Gasteiger partial charge in [0.25, 0.3) is 5.91 Å². The summed E-state index contributed by atoms with van der Waals surface area (Å²) in [6, 6.07) is 5.55. The molecule has 0 radical (unpaired) electrons. The number of nitrogens with zero attached hydrogens (tertiary/aromatic N) is 1. The molecule has 1 aromatic carbocycles. The molecule has 1 aromatic heterocycles. The van der Waals surface area contributed by atoms with Crippen LogP contribution in [0.4, 0.5) is 0 Å². The number of rotatable bonds is 3. The Kier molecular flexibility index (Phi) is 4.53. The molecule has 7 heteroatoms. The van der Waals surface area contributed by atoms with E-state index in [9.17, 15) is 14.4 Å². The van der Waals surface area contributed by atoms with Gasteiger partial charge in [-0.05, 0) is 51.4 Å². The van der Waals surface area contributed by atoms with E-state index in [2.05, 4.69) is 22.5 Å². The third-order valence-corrected chi connectivity index (χ3v) is 4.51. The lowest BCUT2D eigenvalue weighted by atomic mass is 10.00. The first-order chi connectivity index (χ1) is 11.5. The Bertz CT molecular complexity index is 884. The van der Waals surface area contributed by atoms with Crippen LogP contribution < -0.4 is 21.8 Å². The monoisotopic (exact) mass is 330 g/mol. The zero-order chi connectivity index (χ0) is 17.3. The Morgan fingerprint density at radius 3 is 2.88 bits per heavy atom. The van der Waals surface area contributed by atoms with E-state index in [1.807, 2.05) is 0 Å². The summed E-state index contributed by atoms with van der Waals surface area (Å²) in [5.41, 5.74) is 0.340. The van der Waals surface area contributed by atoms with Crippen molar-refractivity contribution < 1.29 is 4.79 Å². The van der Waals surface area contributed by atoms with Crippen LogP contribution in [0.15, 0.2) is 27.8 Å². The number of aromatic amines is 1. The van der Waals surface area contributed by atoms with Crippen LogP contribution in [0.2, 0.25) is 0 Å². The van der Waals surface area contributed by atoms with E-state index in [-0.39, 0.29) is 11.9 Å². The molecule has 1 aliphatic rings. The summed E-state index contributed by atoms with van der Waals surface area (Å²) in [4.78, 5) is 38.6. The van der Waals surface area contributed by atoms with Gasteiger partial charge in [0.05, 0.1) is 11.0 Å². The van der Waals surface area contributed by atoms with Crippen LogP contribution in [-0.2, 0) is 6.54 Å². The molecular weight excluding hydrogens is 308 g/mol. The minimum absolute atomic E-state index is 0.146. The molecular formula is C17H22N4O3. The summed E-state index contributed by atoms with van der Waals surface area (Å²) >= 11 is 0. The summed E-state index contributed by atoms with van der Waals surface area (Å²) in [6.07, 6.45) is 1.79. The Morgan fingerprint density at radius 2 is 2.17 bits per heavy atom. The van der Waals surface area contributed by atoms with Gasteiger partial charge in [-0.25, -0.2) is 0 Å². The largest absolute Gasteiger partial charge is 0.349 e. The van der Waals surface area contributed by atoms with Crippen molar-refractivity contribution in [1.29, 1.82) is 0 Å². The fourth-order valence-electron chi connectivity index (χ4n) is 3.27. The standard InChI is InChI=1S/C17H22N4O3/c1-3-21-14-5-4-11(9-13(14)20-16(23)17(21)24)15(22)19-12-6-7-18-10(2)8-12/h4-5,9-10,12,18H,3,6-8H2,1-2H3,(H,19,22)(H,20,23). The van der Waals surface area contributed by atoms with Crippen LogP contribution >= 0.6 is 0 Å². The fourth-order valence-corrected chi connectivity index (χ4v) is 3.27. The van der Waals surface area contributed by atoms with E-state index in [1.54, 1.807) is 25.1 Å². The highest BCUT2D eigenvalue weighted by Gasteiger charge is 2.20. The van der Waals surface area contributed by atoms with Crippen LogP contribution in [0, 0.1) is 0 Å². The van der Waals surface area contributed by atoms with Crippen LogP contribution in [0.5, 0.6) is 0 Å². The highest BCUT2D eigenvalue weighted by molar-refractivity contribution is 5.97. The van der Waals surface area contributed by atoms with Gasteiger partial charge in [-0.15, -0.1) is 0 Å². The van der Waals surface area contributed by atoms with E-state index in [4.69, 9.17) is 0 Å². The number of hydrogen-bond donors (Lipinski definition) is 3. The number of piperidine rings is 1. The predicted octanol–water partition coefficient (Wildman–Crippen LogP) is 0.580. The highest BCUT2D eigenvalue weighted by Crippen LogP contribution is 2.13. The number of fused-ring (bicyclic) bond motifs is 1. The smallest absolute Gasteiger partial charge is 0.316 e. The fraction of sp³-hybridized carbons (Fsp3) is 0.471. The lowest BCUT2D eigenvalue weighted by Crippen LogP contribution is -2.46. The van der Waals surface area contributed by atoms with Gasteiger partial charge in [0.15, 0.2) is 0 Å². The first-order valence-electron chi connectivity index (χ1n) is 8.30. The Hall–Kier alpha value is -2.41. The lowest BCUT2D eigenvalue weighted by molar-refractivity contribution is 0.0926. The van der Waals surface area contributed by atoms with Gasteiger partial charge in [0.1, 0.15) is 0 Å². The van der Waals surface area contributed by atoms with Crippen molar-refractivity contribution in [2.75, 3.05) is 6.54 Å². The molecule has 2 unspecified atom stereocenters. The molecule has 2 heterocycles. The SMILES string of the molecule is CCn1c(=O)c(=O)[nH]c2cc(C(=O)NC3CCNC(C)C3)ccc21. The Morgan fingerprint density at radius 1 is 1.38 bits per heavy atom. The van der Waals surface area contributed by atoms with Gasteiger partial charge >= 0.3 is 11.1 Å². The molecule has 0 aliphatic carbocycles. The highest BCUT2D eigenvalue weighted by atomic mass is 16.2. The van der Waals surface area contributed by atoms with Gasteiger partial charge in [-0.2, -0.15) is 0 Å². The molecule has 1 aliphatic heterocycles. The second-order valence-corrected chi connectivity index (χ2v) is 6.29. The second kappa shape index (κ2) is 6.60. The number of aryl methyl sites for hydroxylation is 1. The molecule has 0 saturated carbocycles. The number of hydrogen-bond acceptors (Lipinski definition) is 4. The molecule has 1 saturated heterocycles. The summed E-state index contributed by atoms with van der Waals surface area (Å²) in [5, 5.41) is 6.40. The van der Waals surface area contributed by atoms with Crippen LogP contribution in [0.1, 0.15) is 37.0 Å². The van der Waals surface area contributed by atoms with Crippen molar-refractivity contribution in [3.63, 3.8) is 0 Å². The molecule has 24 heavy (non-hydrogen) atoms. The van der Waals surface area contributed by atoms with Crippen LogP contribution in [0.3, 0.4) is 0 Å². The molecule has 2 atom stereocenters. The molecule has 0 bridgehead atoms. The number of carbonyl (C=O) groups excluding carboxylic acids is 1. The van der Waals surface area contributed by atoms with E-state index in [1.165, 1.54) is 4.57 Å². The summed E-state index contributed by atoms with van der Waals surface area (Å²) in [5.74, 6) is -0.161. The van der Waals surface area contributed by atoms with Gasteiger partial charge in [0.2, 0.25) is 0 Å². The van der Waals surface area contributed by atoms with Crippen molar-refractivity contribution in [2.24, 2.45) is 0 Å². The molecule has 1 amide bonds. The number of H-pyrrole nitrogens is 1. The predicted molar refractivity (Wildman–Crippen MR) is 92.5 cm³/mol. The summed E-state index contributed by atoms with van der Waals surface area (Å²) in [6.45, 7) is 5.19. The maximum Gasteiger partial charge on any atom is 0.316 e. The topological polar surface area (TPSA) is 96.0 Å². The van der Waals surface area contributed by atoms with Crippen molar-refractivity contribution in [1.82, 2.24) is 20.2 Å². The van der Waals surface area contributed by atoms with E-state index >= 15 is 0 Å². The zero-order valence-electron chi connectivity index (χ0n) is 13.9. The molecule has 3 rings (SSSR count). The molecule has 128 valence electrons. The number of carbonyl (C=O) groups is 1. The van der Waals surface area contributed by atoms with Crippen molar-refractivity contribution >= 4 is 16.9 Å². The number of benzene rings is 1. The molecule has 7 nitrogen and oxygen atoms in total. The first kappa shape index (κ1) is 16.4. The Labute approximate surface area is 139 Å². The molecule has 3 N–H and O–H groups in total. The van der Waals surface area contributed by atoms with Crippen LogP contribution in [-0.4, -0.2) is 34.1 Å². The minimum Gasteiger partial charge on any atom is -0.349 e. The summed E-state index contributed by atoms with van der Waals surface area (Å²) < 4.78 is 1.41. The van der Waals surface area contributed by atoms with Crippen LogP contribution in [0.25, 0.3) is 11.0 Å². The first-order valence-corrected chi connectivity index (χ1v) is 8.30. The lowest BCUT2D eigenvalue weighted by Gasteiger charge is -2.28. The summed E-state index contributed by atoms with van der Waals surface area (Å²) in [7, 11) is 0.